The van der Waals surface area contributed by atoms with Gasteiger partial charge in [0.2, 0.25) is 0 Å². The fraction of sp³-hybridized carbons (Fsp3) is 0.500. The molecule has 1 heterocycles. The molecule has 21 heavy (non-hydrogen) atoms. The SMILES string of the molecule is CCCCOCCn1c(C(C)Cl)nc2c(C#N)cccc21. The summed E-state index contributed by atoms with van der Waals surface area (Å²) in [7, 11) is 0. The molecule has 1 unspecified atom stereocenters. The number of hydrogen-bond donors (Lipinski definition) is 0. The first-order chi connectivity index (χ1) is 10.2. The van der Waals surface area contributed by atoms with Gasteiger partial charge in [-0.15, -0.1) is 11.6 Å². The number of fused-ring (bicyclic) bond motifs is 1. The Kier molecular flexibility index (Phi) is 5.60. The van der Waals surface area contributed by atoms with Crippen molar-refractivity contribution in [1.29, 1.82) is 5.26 Å². The fourth-order valence-electron chi connectivity index (χ4n) is 2.30. The zero-order valence-corrected chi connectivity index (χ0v) is 13.2. The van der Waals surface area contributed by atoms with Gasteiger partial charge in [0.15, 0.2) is 0 Å². The van der Waals surface area contributed by atoms with Crippen molar-refractivity contribution in [2.45, 2.75) is 38.6 Å². The first-order valence-corrected chi connectivity index (χ1v) is 7.73. The van der Waals surface area contributed by atoms with E-state index in [1.54, 1.807) is 6.07 Å². The van der Waals surface area contributed by atoms with Crippen LogP contribution in [0.2, 0.25) is 0 Å². The Hall–Kier alpha value is -1.57. The third-order valence-corrected chi connectivity index (χ3v) is 3.58. The highest BCUT2D eigenvalue weighted by Gasteiger charge is 2.16. The van der Waals surface area contributed by atoms with Crippen LogP contribution in [0, 0.1) is 11.3 Å². The lowest BCUT2D eigenvalue weighted by molar-refractivity contribution is 0.123. The summed E-state index contributed by atoms with van der Waals surface area (Å²) in [5, 5.41) is 8.98. The fourth-order valence-corrected chi connectivity index (χ4v) is 2.46. The Labute approximate surface area is 130 Å². The van der Waals surface area contributed by atoms with Gasteiger partial charge in [0.25, 0.3) is 0 Å². The van der Waals surface area contributed by atoms with Crippen molar-refractivity contribution in [1.82, 2.24) is 9.55 Å². The summed E-state index contributed by atoms with van der Waals surface area (Å²) >= 11 is 6.23. The van der Waals surface area contributed by atoms with Crippen molar-refractivity contribution < 1.29 is 4.74 Å². The van der Waals surface area contributed by atoms with E-state index in [-0.39, 0.29) is 5.38 Å². The third kappa shape index (κ3) is 3.55. The Morgan fingerprint density at radius 3 is 2.90 bits per heavy atom. The lowest BCUT2D eigenvalue weighted by atomic mass is 10.2. The van der Waals surface area contributed by atoms with Crippen LogP contribution in [0.25, 0.3) is 11.0 Å². The number of aromatic nitrogens is 2. The van der Waals surface area contributed by atoms with Crippen molar-refractivity contribution >= 4 is 22.6 Å². The Morgan fingerprint density at radius 2 is 2.24 bits per heavy atom. The standard InChI is InChI=1S/C16H20ClN3O/c1-3-4-9-21-10-8-20-14-7-5-6-13(11-18)15(14)19-16(20)12(2)17/h5-7,12H,3-4,8-10H2,1-2H3. The molecule has 0 radical (unpaired) electrons. The molecule has 0 aliphatic rings. The highest BCUT2D eigenvalue weighted by Crippen LogP contribution is 2.26. The first kappa shape index (κ1) is 15.8. The number of unbranched alkanes of at least 4 members (excludes halogenated alkanes) is 1. The van der Waals surface area contributed by atoms with Crippen LogP contribution in [0.5, 0.6) is 0 Å². The number of hydrogen-bond acceptors (Lipinski definition) is 3. The maximum atomic E-state index is 9.19. The molecule has 1 aromatic carbocycles. The van der Waals surface area contributed by atoms with Gasteiger partial charge < -0.3 is 9.30 Å². The molecule has 0 spiro atoms. The molecular weight excluding hydrogens is 286 g/mol. The Morgan fingerprint density at radius 1 is 1.43 bits per heavy atom. The van der Waals surface area contributed by atoms with Gasteiger partial charge in [0.05, 0.1) is 23.1 Å². The number of halogens is 1. The summed E-state index contributed by atoms with van der Waals surface area (Å²) in [5.74, 6) is 0.786. The molecule has 0 saturated heterocycles. The van der Waals surface area contributed by atoms with Gasteiger partial charge in [0, 0.05) is 13.2 Å². The van der Waals surface area contributed by atoms with Gasteiger partial charge in [0.1, 0.15) is 17.4 Å². The van der Waals surface area contributed by atoms with Crippen LogP contribution in [0.15, 0.2) is 18.2 Å². The number of alkyl halides is 1. The minimum absolute atomic E-state index is 0.209. The van der Waals surface area contributed by atoms with Gasteiger partial charge in [-0.05, 0) is 25.5 Å². The van der Waals surface area contributed by atoms with E-state index in [2.05, 4.69) is 22.5 Å². The molecule has 0 fully saturated rings. The minimum Gasteiger partial charge on any atom is -0.380 e. The predicted octanol–water partition coefficient (Wildman–Crippen LogP) is 4.02. The topological polar surface area (TPSA) is 50.8 Å². The molecule has 5 heteroatoms. The molecule has 0 aliphatic carbocycles. The summed E-state index contributed by atoms with van der Waals surface area (Å²) in [6, 6.07) is 7.81. The highest BCUT2D eigenvalue weighted by atomic mass is 35.5. The summed E-state index contributed by atoms with van der Waals surface area (Å²) in [4.78, 5) is 4.55. The van der Waals surface area contributed by atoms with Crippen LogP contribution >= 0.6 is 11.6 Å². The van der Waals surface area contributed by atoms with Crippen molar-refractivity contribution in [3.8, 4) is 6.07 Å². The maximum absolute atomic E-state index is 9.19. The number of rotatable bonds is 7. The van der Waals surface area contributed by atoms with Crippen LogP contribution in [0.4, 0.5) is 0 Å². The molecule has 2 aromatic rings. The van der Waals surface area contributed by atoms with Gasteiger partial charge in [-0.25, -0.2) is 4.98 Å². The lowest BCUT2D eigenvalue weighted by Gasteiger charge is -2.10. The average molecular weight is 306 g/mol. The molecular formula is C16H20ClN3O. The van der Waals surface area contributed by atoms with E-state index in [9.17, 15) is 5.26 Å². The van der Waals surface area contributed by atoms with E-state index in [0.717, 1.165) is 36.3 Å². The normalized spacial score (nSPS) is 12.5. The molecule has 4 nitrogen and oxygen atoms in total. The van der Waals surface area contributed by atoms with Crippen molar-refractivity contribution in [3.05, 3.63) is 29.6 Å². The van der Waals surface area contributed by atoms with Gasteiger partial charge in [-0.1, -0.05) is 19.4 Å². The Bertz CT molecular complexity index is 643. The second-order valence-corrected chi connectivity index (χ2v) is 5.64. The number of imidazole rings is 1. The number of nitrogens with zero attached hydrogens (tertiary/aromatic N) is 3. The zero-order valence-electron chi connectivity index (χ0n) is 12.5. The van der Waals surface area contributed by atoms with Crippen molar-refractivity contribution in [2.24, 2.45) is 0 Å². The van der Waals surface area contributed by atoms with E-state index in [0.29, 0.717) is 18.7 Å². The van der Waals surface area contributed by atoms with Crippen LogP contribution in [0.1, 0.15) is 43.5 Å². The monoisotopic (exact) mass is 305 g/mol. The van der Waals surface area contributed by atoms with Gasteiger partial charge >= 0.3 is 0 Å². The maximum Gasteiger partial charge on any atom is 0.127 e. The summed E-state index contributed by atoms with van der Waals surface area (Å²) < 4.78 is 7.69. The molecule has 0 bridgehead atoms. The molecule has 0 N–H and O–H groups in total. The van der Waals surface area contributed by atoms with E-state index in [1.807, 2.05) is 19.1 Å². The van der Waals surface area contributed by atoms with Crippen molar-refractivity contribution in [2.75, 3.05) is 13.2 Å². The van der Waals surface area contributed by atoms with E-state index in [1.165, 1.54) is 0 Å². The van der Waals surface area contributed by atoms with Crippen molar-refractivity contribution in [3.63, 3.8) is 0 Å². The summed E-state index contributed by atoms with van der Waals surface area (Å²) in [6.07, 6.45) is 2.20. The third-order valence-electron chi connectivity index (χ3n) is 3.39. The quantitative estimate of drug-likeness (QED) is 0.573. The molecule has 2 rings (SSSR count). The second-order valence-electron chi connectivity index (χ2n) is 4.99. The molecule has 0 aliphatic heterocycles. The number of para-hydroxylation sites is 1. The summed E-state index contributed by atoms with van der Waals surface area (Å²) in [6.45, 7) is 6.13. The predicted molar refractivity (Wildman–Crippen MR) is 84.4 cm³/mol. The highest BCUT2D eigenvalue weighted by molar-refractivity contribution is 6.20. The number of nitriles is 1. The number of ether oxygens (including phenoxy) is 1. The first-order valence-electron chi connectivity index (χ1n) is 7.30. The molecule has 112 valence electrons. The minimum atomic E-state index is -0.209. The molecule has 0 saturated carbocycles. The number of benzene rings is 1. The van der Waals surface area contributed by atoms with Crippen LogP contribution in [-0.2, 0) is 11.3 Å². The van der Waals surface area contributed by atoms with Crippen LogP contribution in [-0.4, -0.2) is 22.8 Å². The van der Waals surface area contributed by atoms with Crippen LogP contribution in [0.3, 0.4) is 0 Å². The summed E-state index contributed by atoms with van der Waals surface area (Å²) in [5.41, 5.74) is 2.24. The second kappa shape index (κ2) is 7.44. The Balaban J connectivity index is 2.28. The average Bonchev–Trinajstić information content (AvgIpc) is 2.86. The van der Waals surface area contributed by atoms with E-state index >= 15 is 0 Å². The largest absolute Gasteiger partial charge is 0.380 e. The molecule has 1 atom stereocenters. The lowest BCUT2D eigenvalue weighted by Crippen LogP contribution is -2.10. The molecule has 1 aromatic heterocycles. The van der Waals surface area contributed by atoms with E-state index < -0.39 is 0 Å². The van der Waals surface area contributed by atoms with E-state index in [4.69, 9.17) is 16.3 Å². The molecule has 0 amide bonds. The zero-order chi connectivity index (χ0) is 15.2. The smallest absolute Gasteiger partial charge is 0.127 e. The van der Waals surface area contributed by atoms with Crippen LogP contribution < -0.4 is 0 Å². The van der Waals surface area contributed by atoms with Gasteiger partial charge in [-0.2, -0.15) is 5.26 Å². The van der Waals surface area contributed by atoms with Gasteiger partial charge in [-0.3, -0.25) is 0 Å².